The molecule has 0 spiro atoms. The number of hydrogen-bond donors (Lipinski definition) is 1. The average molecular weight is 220 g/mol. The minimum Gasteiger partial charge on any atom is -0.342 e. The molecular weight excluding hydrogens is 200 g/mol. The first-order valence-corrected chi connectivity index (χ1v) is 6.24. The molecule has 1 aliphatic heterocycles. The van der Waals surface area contributed by atoms with E-state index in [2.05, 4.69) is 11.2 Å². The van der Waals surface area contributed by atoms with Gasteiger partial charge in [-0.15, -0.1) is 6.42 Å². The minimum atomic E-state index is 0.114. The zero-order chi connectivity index (χ0) is 11.4. The highest BCUT2D eigenvalue weighted by Gasteiger charge is 2.25. The van der Waals surface area contributed by atoms with Crippen LogP contribution in [-0.4, -0.2) is 36.5 Å². The van der Waals surface area contributed by atoms with E-state index < -0.39 is 0 Å². The van der Waals surface area contributed by atoms with Crippen LogP contribution in [0.3, 0.4) is 0 Å². The van der Waals surface area contributed by atoms with Crippen molar-refractivity contribution in [2.45, 2.75) is 38.1 Å². The van der Waals surface area contributed by atoms with Gasteiger partial charge in [-0.3, -0.25) is 4.79 Å². The number of terminal acetylenes is 1. The van der Waals surface area contributed by atoms with Crippen LogP contribution in [0.15, 0.2) is 0 Å². The van der Waals surface area contributed by atoms with Crippen molar-refractivity contribution in [2.75, 3.05) is 19.6 Å². The van der Waals surface area contributed by atoms with Crippen LogP contribution in [0.2, 0.25) is 0 Å². The number of nitrogens with one attached hydrogen (secondary N) is 1. The molecule has 3 nitrogen and oxygen atoms in total. The summed E-state index contributed by atoms with van der Waals surface area (Å²) in [6.07, 6.45) is 10.3. The van der Waals surface area contributed by atoms with Gasteiger partial charge in [0.05, 0.1) is 6.42 Å². The molecule has 0 aromatic rings. The van der Waals surface area contributed by atoms with E-state index in [4.69, 9.17) is 6.42 Å². The first kappa shape index (κ1) is 11.5. The number of carbonyl (C=O) groups excluding carboxylic acids is 1. The first-order valence-electron chi connectivity index (χ1n) is 6.24. The summed E-state index contributed by atoms with van der Waals surface area (Å²) in [5.41, 5.74) is 0. The smallest absolute Gasteiger partial charge is 0.234 e. The Hall–Kier alpha value is -1.01. The molecule has 0 radical (unpaired) electrons. The highest BCUT2D eigenvalue weighted by atomic mass is 16.2. The fourth-order valence-corrected chi connectivity index (χ4v) is 2.19. The molecule has 1 heterocycles. The van der Waals surface area contributed by atoms with Gasteiger partial charge in [-0.05, 0) is 38.1 Å². The predicted molar refractivity (Wildman–Crippen MR) is 63.8 cm³/mol. The van der Waals surface area contributed by atoms with Crippen molar-refractivity contribution in [2.24, 2.45) is 5.92 Å². The largest absolute Gasteiger partial charge is 0.342 e. The molecule has 0 unspecified atom stereocenters. The maximum atomic E-state index is 11.5. The highest BCUT2D eigenvalue weighted by molar-refractivity contribution is 5.78. The van der Waals surface area contributed by atoms with Crippen LogP contribution in [0.1, 0.15) is 32.1 Å². The van der Waals surface area contributed by atoms with Crippen LogP contribution < -0.4 is 5.32 Å². The molecule has 0 atom stereocenters. The van der Waals surface area contributed by atoms with E-state index in [0.29, 0.717) is 6.04 Å². The minimum absolute atomic E-state index is 0.114. The molecule has 2 rings (SSSR count). The molecule has 1 saturated heterocycles. The summed E-state index contributed by atoms with van der Waals surface area (Å²) in [7, 11) is 0. The monoisotopic (exact) mass is 220 g/mol. The van der Waals surface area contributed by atoms with Gasteiger partial charge in [0.15, 0.2) is 0 Å². The van der Waals surface area contributed by atoms with Crippen molar-refractivity contribution in [3.63, 3.8) is 0 Å². The lowest BCUT2D eigenvalue weighted by Gasteiger charge is -2.32. The molecule has 1 amide bonds. The van der Waals surface area contributed by atoms with Crippen LogP contribution in [-0.2, 0) is 4.79 Å². The molecule has 1 aliphatic carbocycles. The lowest BCUT2D eigenvalue weighted by Crippen LogP contribution is -2.45. The van der Waals surface area contributed by atoms with Gasteiger partial charge in [-0.1, -0.05) is 5.92 Å². The number of rotatable bonds is 4. The number of hydrogen-bond acceptors (Lipinski definition) is 2. The summed E-state index contributed by atoms with van der Waals surface area (Å²) in [4.78, 5) is 13.4. The molecular formula is C13H20N2O. The van der Waals surface area contributed by atoms with Gasteiger partial charge in [-0.25, -0.2) is 0 Å². The van der Waals surface area contributed by atoms with Crippen molar-refractivity contribution in [3.8, 4) is 12.3 Å². The van der Waals surface area contributed by atoms with Gasteiger partial charge in [0.25, 0.3) is 0 Å². The Morgan fingerprint density at radius 2 is 2.00 bits per heavy atom. The summed E-state index contributed by atoms with van der Waals surface area (Å²) in [5.74, 6) is 3.46. The van der Waals surface area contributed by atoms with Crippen molar-refractivity contribution in [1.29, 1.82) is 0 Å². The average Bonchev–Trinajstić information content (AvgIpc) is 3.11. The van der Waals surface area contributed by atoms with Gasteiger partial charge in [-0.2, -0.15) is 0 Å². The third kappa shape index (κ3) is 3.24. The second kappa shape index (κ2) is 5.36. The molecule has 3 heteroatoms. The molecule has 16 heavy (non-hydrogen) atoms. The number of nitrogens with zero attached hydrogens (tertiary/aromatic N) is 1. The Bertz CT molecular complexity index is 283. The third-order valence-electron chi connectivity index (χ3n) is 3.49. The molecule has 0 bridgehead atoms. The summed E-state index contributed by atoms with van der Waals surface area (Å²) in [6.45, 7) is 2.90. The van der Waals surface area contributed by atoms with Gasteiger partial charge in [0.1, 0.15) is 0 Å². The van der Waals surface area contributed by atoms with Gasteiger partial charge in [0.2, 0.25) is 5.91 Å². The fraction of sp³-hybridized carbons (Fsp3) is 0.769. The molecule has 1 N–H and O–H groups in total. The van der Waals surface area contributed by atoms with Crippen LogP contribution >= 0.6 is 0 Å². The van der Waals surface area contributed by atoms with E-state index in [0.717, 1.165) is 31.8 Å². The zero-order valence-electron chi connectivity index (χ0n) is 9.74. The van der Waals surface area contributed by atoms with Crippen LogP contribution in [0.4, 0.5) is 0 Å². The van der Waals surface area contributed by atoms with E-state index in [1.807, 2.05) is 4.90 Å². The van der Waals surface area contributed by atoms with Crippen molar-refractivity contribution >= 4 is 5.91 Å². The van der Waals surface area contributed by atoms with Crippen LogP contribution in [0, 0.1) is 18.3 Å². The SMILES string of the molecule is C#CCC(=O)N1CCC(NCC2CC2)CC1. The molecule has 88 valence electrons. The van der Waals surface area contributed by atoms with Gasteiger partial charge < -0.3 is 10.2 Å². The van der Waals surface area contributed by atoms with Gasteiger partial charge >= 0.3 is 0 Å². The Morgan fingerprint density at radius 1 is 1.31 bits per heavy atom. The maximum absolute atomic E-state index is 11.5. The number of likely N-dealkylation sites (tertiary alicyclic amines) is 1. The highest BCUT2D eigenvalue weighted by Crippen LogP contribution is 2.28. The van der Waals surface area contributed by atoms with Crippen molar-refractivity contribution < 1.29 is 4.79 Å². The molecule has 0 aromatic heterocycles. The lowest BCUT2D eigenvalue weighted by atomic mass is 10.0. The van der Waals surface area contributed by atoms with Gasteiger partial charge in [0, 0.05) is 19.1 Å². The normalized spacial score (nSPS) is 21.8. The molecule has 1 saturated carbocycles. The second-order valence-corrected chi connectivity index (χ2v) is 4.89. The topological polar surface area (TPSA) is 32.3 Å². The first-order chi connectivity index (χ1) is 7.79. The quantitative estimate of drug-likeness (QED) is 0.717. The Kier molecular flexibility index (Phi) is 3.84. The summed E-state index contributed by atoms with van der Waals surface area (Å²) in [5, 5.41) is 3.60. The molecule has 2 aliphatic rings. The van der Waals surface area contributed by atoms with Crippen molar-refractivity contribution in [3.05, 3.63) is 0 Å². The number of piperidine rings is 1. The summed E-state index contributed by atoms with van der Waals surface area (Å²) >= 11 is 0. The Balaban J connectivity index is 1.65. The molecule has 0 aromatic carbocycles. The Labute approximate surface area is 97.6 Å². The van der Waals surface area contributed by atoms with Crippen molar-refractivity contribution in [1.82, 2.24) is 10.2 Å². The standard InChI is InChI=1S/C13H20N2O/c1-2-3-13(16)15-8-6-12(7-9-15)14-10-11-4-5-11/h1,11-12,14H,3-10H2. The van der Waals surface area contributed by atoms with Crippen LogP contribution in [0.5, 0.6) is 0 Å². The van der Waals surface area contributed by atoms with Crippen LogP contribution in [0.25, 0.3) is 0 Å². The zero-order valence-corrected chi connectivity index (χ0v) is 9.74. The fourth-order valence-electron chi connectivity index (χ4n) is 2.19. The number of amides is 1. The van der Waals surface area contributed by atoms with E-state index in [9.17, 15) is 4.79 Å². The predicted octanol–water partition coefficient (Wildman–Crippen LogP) is 1.00. The summed E-state index contributed by atoms with van der Waals surface area (Å²) in [6, 6.07) is 0.607. The maximum Gasteiger partial charge on any atom is 0.234 e. The summed E-state index contributed by atoms with van der Waals surface area (Å²) < 4.78 is 0. The van der Waals surface area contributed by atoms with E-state index >= 15 is 0 Å². The lowest BCUT2D eigenvalue weighted by molar-refractivity contribution is -0.131. The Morgan fingerprint density at radius 3 is 2.56 bits per heavy atom. The second-order valence-electron chi connectivity index (χ2n) is 4.89. The van der Waals surface area contributed by atoms with E-state index in [-0.39, 0.29) is 12.3 Å². The van der Waals surface area contributed by atoms with E-state index in [1.165, 1.54) is 19.4 Å². The van der Waals surface area contributed by atoms with E-state index in [1.54, 1.807) is 0 Å². The molecule has 2 fully saturated rings. The third-order valence-corrected chi connectivity index (χ3v) is 3.49. The number of carbonyl (C=O) groups is 1.